The number of hydrogen-bond donors (Lipinski definition) is 14. The third-order valence-electron chi connectivity index (χ3n) is 18.1. The van der Waals surface area contributed by atoms with Crippen LogP contribution in [0.4, 0.5) is 0 Å². The van der Waals surface area contributed by atoms with E-state index >= 15 is 0 Å². The zero-order valence-corrected chi connectivity index (χ0v) is 56.6. The summed E-state index contributed by atoms with van der Waals surface area (Å²) in [4.78, 5) is 38.5. The Morgan fingerprint density at radius 1 is 0.570 bits per heavy atom. The lowest BCUT2D eigenvalue weighted by molar-refractivity contribution is -0.386. The number of nitrogens with one attached hydrogen (secondary N) is 2. The van der Waals surface area contributed by atoms with Crippen molar-refractivity contribution >= 4 is 17.8 Å². The molecule has 23 heteroatoms. The van der Waals surface area contributed by atoms with E-state index in [1.165, 1.54) is 148 Å². The summed E-state index contributed by atoms with van der Waals surface area (Å²) in [7, 11) is 0. The van der Waals surface area contributed by atoms with Crippen molar-refractivity contribution in [1.29, 1.82) is 0 Å². The second kappa shape index (κ2) is 50.3. The molecule has 0 aromatic carbocycles. The molecule has 23 nitrogen and oxygen atoms in total. The van der Waals surface area contributed by atoms with Gasteiger partial charge in [-0.05, 0) is 51.4 Å². The van der Waals surface area contributed by atoms with Crippen LogP contribution in [0.2, 0.25) is 0 Å². The van der Waals surface area contributed by atoms with Crippen LogP contribution in [-0.2, 0) is 42.8 Å². The Morgan fingerprint density at radius 3 is 1.52 bits per heavy atom. The van der Waals surface area contributed by atoms with E-state index in [2.05, 4.69) is 48.8 Å². The standard InChI is InChI=1S/C70H126N2O21/c1-4-6-8-10-12-14-16-18-19-20-21-22-23-24-25-26-27-28-29-30-31-32-34-36-38-40-42-44-57(80)72-51(52(77)43-41-39-37-35-33-17-15-13-11-9-7-5-2)49-88-67-62(84)61(83)64(56(48-75)90-67)91-68-63(85)66(60(82)55(47-74)89-68)93-70(69(86)87)45-53(78)58(71-50(3)76)65(92-70)59(81)54(79)46-73/h21-22,24-25,41,43,51-56,58-68,73-75,77-79,81-85H,4-20,23,26-40,42,44-49H2,1-3H3,(H,71,76)(H,72,80)(H,86,87)/b22-21-,25-24-,43-41+. The molecule has 0 aromatic rings. The highest BCUT2D eigenvalue weighted by molar-refractivity contribution is 5.77. The Bertz CT molecular complexity index is 2020. The van der Waals surface area contributed by atoms with Gasteiger partial charge in [-0.25, -0.2) is 4.79 Å². The maximum absolute atomic E-state index is 13.5. The summed E-state index contributed by atoms with van der Waals surface area (Å²) < 4.78 is 34.8. The molecule has 3 aliphatic rings. The van der Waals surface area contributed by atoms with Gasteiger partial charge in [0.05, 0.1) is 50.7 Å². The fourth-order valence-corrected chi connectivity index (χ4v) is 12.3. The van der Waals surface area contributed by atoms with Crippen molar-refractivity contribution < 1.29 is 104 Å². The number of carbonyl (C=O) groups is 3. The summed E-state index contributed by atoms with van der Waals surface area (Å²) in [5.74, 6) is -6.15. The van der Waals surface area contributed by atoms with Crippen LogP contribution in [0, 0.1) is 0 Å². The van der Waals surface area contributed by atoms with Gasteiger partial charge in [0.25, 0.3) is 5.79 Å². The monoisotopic (exact) mass is 1330 g/mol. The van der Waals surface area contributed by atoms with Crippen LogP contribution in [0.5, 0.6) is 0 Å². The van der Waals surface area contributed by atoms with E-state index < -0.39 is 155 Å². The van der Waals surface area contributed by atoms with Gasteiger partial charge in [-0.3, -0.25) is 9.59 Å². The van der Waals surface area contributed by atoms with Crippen molar-refractivity contribution in [2.45, 2.75) is 362 Å². The number of carbonyl (C=O) groups excluding carboxylic acids is 2. The van der Waals surface area contributed by atoms with Gasteiger partial charge in [0, 0.05) is 19.8 Å². The third-order valence-corrected chi connectivity index (χ3v) is 18.1. The minimum atomic E-state index is -3.08. The first-order valence-electron chi connectivity index (χ1n) is 35.9. The average Bonchev–Trinajstić information content (AvgIpc) is 0.768. The van der Waals surface area contributed by atoms with E-state index in [0.29, 0.717) is 12.8 Å². The Balaban J connectivity index is 1.53. The minimum absolute atomic E-state index is 0.197. The Labute approximate surface area is 555 Å². The molecule has 0 radical (unpaired) electrons. The number of carboxylic acids is 1. The predicted molar refractivity (Wildman–Crippen MR) is 352 cm³/mol. The number of hydrogen-bond acceptors (Lipinski definition) is 20. The normalized spacial score (nSPS) is 28.3. The molecule has 542 valence electrons. The Morgan fingerprint density at radius 2 is 1.04 bits per heavy atom. The van der Waals surface area contributed by atoms with E-state index in [1.54, 1.807) is 6.08 Å². The SMILES string of the molecule is CCCCCCCCCCC/C=C\C/C=C\CCCCCCCCCCCCCC(=O)NC(COC1OC(CO)C(OC2OC(CO)C(O)C(OC3(C(=O)O)CC(O)C(NC(C)=O)C(C(O)C(O)CO)O3)C2O)C(O)C1O)C(O)/C=C/CCCCCCCCCCCC. The average molecular weight is 1330 g/mol. The largest absolute Gasteiger partial charge is 0.477 e. The molecule has 3 heterocycles. The molecule has 0 bridgehead atoms. The van der Waals surface area contributed by atoms with Crippen LogP contribution >= 0.6 is 0 Å². The number of rotatable bonds is 54. The van der Waals surface area contributed by atoms with Crippen molar-refractivity contribution in [3.8, 4) is 0 Å². The molecular weight excluding hydrogens is 1200 g/mol. The highest BCUT2D eigenvalue weighted by Crippen LogP contribution is 2.39. The van der Waals surface area contributed by atoms with Crippen molar-refractivity contribution in [2.24, 2.45) is 0 Å². The zero-order chi connectivity index (χ0) is 68.2. The summed E-state index contributed by atoms with van der Waals surface area (Å²) >= 11 is 0. The van der Waals surface area contributed by atoms with Crippen molar-refractivity contribution in [3.63, 3.8) is 0 Å². The van der Waals surface area contributed by atoms with Crippen LogP contribution in [0.1, 0.15) is 252 Å². The molecular formula is C70H126N2O21. The maximum atomic E-state index is 13.5. The molecule has 14 N–H and O–H groups in total. The van der Waals surface area contributed by atoms with Crippen LogP contribution in [0.25, 0.3) is 0 Å². The van der Waals surface area contributed by atoms with E-state index in [-0.39, 0.29) is 12.3 Å². The number of aliphatic carboxylic acids is 1. The van der Waals surface area contributed by atoms with Crippen LogP contribution in [0.3, 0.4) is 0 Å². The molecule has 93 heavy (non-hydrogen) atoms. The lowest BCUT2D eigenvalue weighted by Gasteiger charge is -2.50. The topological polar surface area (TPSA) is 373 Å². The quantitative estimate of drug-likeness (QED) is 0.0215. The van der Waals surface area contributed by atoms with Gasteiger partial charge in [-0.2, -0.15) is 0 Å². The van der Waals surface area contributed by atoms with E-state index in [0.717, 1.165) is 64.7 Å². The van der Waals surface area contributed by atoms with Gasteiger partial charge >= 0.3 is 5.97 Å². The lowest BCUT2D eigenvalue weighted by Crippen LogP contribution is -2.70. The first kappa shape index (κ1) is 84.2. The van der Waals surface area contributed by atoms with E-state index in [4.69, 9.17) is 28.4 Å². The number of aliphatic hydroxyl groups excluding tert-OH is 11. The Hall–Kier alpha value is -3.05. The second-order valence-corrected chi connectivity index (χ2v) is 26.1. The minimum Gasteiger partial charge on any atom is -0.477 e. The third kappa shape index (κ3) is 32.5. The molecule has 0 aliphatic carbocycles. The van der Waals surface area contributed by atoms with Crippen LogP contribution in [0.15, 0.2) is 36.5 Å². The fourth-order valence-electron chi connectivity index (χ4n) is 12.3. The van der Waals surface area contributed by atoms with E-state index in [1.807, 2.05) is 6.08 Å². The fraction of sp³-hybridized carbons (Fsp3) is 0.871. The smallest absolute Gasteiger partial charge is 0.364 e. The van der Waals surface area contributed by atoms with Gasteiger partial charge < -0.3 is 100 Å². The highest BCUT2D eigenvalue weighted by Gasteiger charge is 2.60. The first-order chi connectivity index (χ1) is 44.9. The summed E-state index contributed by atoms with van der Waals surface area (Å²) in [5.41, 5.74) is 0. The summed E-state index contributed by atoms with van der Waals surface area (Å²) in [6.45, 7) is 2.12. The Kier molecular flexibility index (Phi) is 45.5. The number of unbranched alkanes of at least 4 members (excludes halogenated alkanes) is 30. The van der Waals surface area contributed by atoms with Gasteiger partial charge in [0.2, 0.25) is 11.8 Å². The molecule has 3 rings (SSSR count). The van der Waals surface area contributed by atoms with Gasteiger partial charge in [-0.1, -0.05) is 217 Å². The number of amides is 2. The number of carboxylic acid groups (broad SMARTS) is 1. The van der Waals surface area contributed by atoms with Gasteiger partial charge in [-0.15, -0.1) is 0 Å². The summed E-state index contributed by atoms with van der Waals surface area (Å²) in [6, 6.07) is -2.62. The molecule has 2 amide bonds. The van der Waals surface area contributed by atoms with Gasteiger partial charge in [0.15, 0.2) is 12.6 Å². The van der Waals surface area contributed by atoms with Crippen LogP contribution in [-0.4, -0.2) is 215 Å². The molecule has 18 unspecified atom stereocenters. The molecule has 18 atom stereocenters. The summed E-state index contributed by atoms with van der Waals surface area (Å²) in [6.07, 6.45) is 23.5. The molecule has 0 spiro atoms. The maximum Gasteiger partial charge on any atom is 0.364 e. The lowest BCUT2D eigenvalue weighted by atomic mass is 9.88. The molecule has 3 aliphatic heterocycles. The van der Waals surface area contributed by atoms with Crippen LogP contribution < -0.4 is 10.6 Å². The van der Waals surface area contributed by atoms with Crippen molar-refractivity contribution in [1.82, 2.24) is 10.6 Å². The zero-order valence-electron chi connectivity index (χ0n) is 56.6. The van der Waals surface area contributed by atoms with E-state index in [9.17, 15) is 75.7 Å². The highest BCUT2D eigenvalue weighted by atomic mass is 16.8. The predicted octanol–water partition coefficient (Wildman–Crippen LogP) is 7.01. The molecule has 3 fully saturated rings. The summed E-state index contributed by atoms with van der Waals surface area (Å²) in [5, 5.41) is 136. The molecule has 0 aromatic heterocycles. The van der Waals surface area contributed by atoms with Gasteiger partial charge in [0.1, 0.15) is 67.1 Å². The molecule has 0 saturated carbocycles. The van der Waals surface area contributed by atoms with Crippen molar-refractivity contribution in [2.75, 3.05) is 26.4 Å². The number of ether oxygens (including phenoxy) is 6. The molecule has 3 saturated heterocycles. The second-order valence-electron chi connectivity index (χ2n) is 26.1. The van der Waals surface area contributed by atoms with Crippen molar-refractivity contribution in [3.05, 3.63) is 36.5 Å². The first-order valence-corrected chi connectivity index (χ1v) is 35.9. The number of aliphatic hydroxyl groups is 11. The number of allylic oxidation sites excluding steroid dienone is 5.